The Morgan fingerprint density at radius 3 is 2.62 bits per heavy atom. The molecular formula is C17H18N2O5. The van der Waals surface area contributed by atoms with Gasteiger partial charge in [-0.15, -0.1) is 0 Å². The van der Waals surface area contributed by atoms with E-state index in [0.29, 0.717) is 5.52 Å². The van der Waals surface area contributed by atoms with Crippen molar-refractivity contribution in [3.8, 4) is 0 Å². The molecule has 2 rings (SSSR count). The van der Waals surface area contributed by atoms with Gasteiger partial charge in [0.2, 0.25) is 0 Å². The third kappa shape index (κ3) is 3.05. The number of nitrogens with zero attached hydrogens (tertiary/aromatic N) is 2. The van der Waals surface area contributed by atoms with E-state index in [2.05, 4.69) is 6.58 Å². The van der Waals surface area contributed by atoms with Crippen LogP contribution < -0.4 is 5.43 Å². The van der Waals surface area contributed by atoms with E-state index in [4.69, 9.17) is 4.74 Å². The summed E-state index contributed by atoms with van der Waals surface area (Å²) in [5, 5.41) is 11.2. The van der Waals surface area contributed by atoms with E-state index in [1.54, 1.807) is 17.7 Å². The number of carbonyl (C=O) groups excluding carboxylic acids is 1. The average molecular weight is 330 g/mol. The molecule has 1 aromatic carbocycles. The molecule has 0 N–H and O–H groups in total. The number of nitro benzene ring substituents is 1. The number of rotatable bonds is 5. The summed E-state index contributed by atoms with van der Waals surface area (Å²) >= 11 is 0. The van der Waals surface area contributed by atoms with E-state index in [0.717, 1.165) is 0 Å². The summed E-state index contributed by atoms with van der Waals surface area (Å²) < 4.78 is 6.67. The molecule has 0 radical (unpaired) electrons. The number of pyridine rings is 1. The van der Waals surface area contributed by atoms with E-state index in [9.17, 15) is 19.7 Å². The Morgan fingerprint density at radius 1 is 1.42 bits per heavy atom. The van der Waals surface area contributed by atoms with Gasteiger partial charge >= 0.3 is 5.97 Å². The molecule has 7 heteroatoms. The van der Waals surface area contributed by atoms with Crippen molar-refractivity contribution in [2.75, 3.05) is 6.61 Å². The first-order valence-corrected chi connectivity index (χ1v) is 7.47. The summed E-state index contributed by atoms with van der Waals surface area (Å²) in [6.07, 6.45) is 1.54. The van der Waals surface area contributed by atoms with E-state index in [1.165, 1.54) is 18.2 Å². The average Bonchev–Trinajstić information content (AvgIpc) is 2.54. The van der Waals surface area contributed by atoms with Gasteiger partial charge in [0, 0.05) is 24.4 Å². The number of hydrogen-bond acceptors (Lipinski definition) is 5. The number of benzene rings is 1. The zero-order chi connectivity index (χ0) is 18.0. The maximum atomic E-state index is 12.7. The monoisotopic (exact) mass is 330 g/mol. The van der Waals surface area contributed by atoms with Crippen molar-refractivity contribution < 1.29 is 14.5 Å². The van der Waals surface area contributed by atoms with Gasteiger partial charge in [0.05, 0.1) is 33.6 Å². The Labute approximate surface area is 138 Å². The molecule has 7 nitrogen and oxygen atoms in total. The minimum atomic E-state index is -0.685. The van der Waals surface area contributed by atoms with Crippen molar-refractivity contribution in [1.29, 1.82) is 0 Å². The molecule has 0 amide bonds. The van der Waals surface area contributed by atoms with Gasteiger partial charge in [-0.3, -0.25) is 14.9 Å². The topological polar surface area (TPSA) is 91.4 Å². The third-order valence-electron chi connectivity index (χ3n) is 3.63. The van der Waals surface area contributed by atoms with Gasteiger partial charge in [-0.05, 0) is 26.8 Å². The zero-order valence-electron chi connectivity index (χ0n) is 13.7. The Kier molecular flexibility index (Phi) is 4.82. The number of fused-ring (bicyclic) bond motifs is 1. The lowest BCUT2D eigenvalue weighted by molar-refractivity contribution is -0.384. The SMILES string of the molecule is C=C(C(=O)OCC)c1cn(C(C)C)c2ccc([N+](=O)[O-])cc2c1=O. The molecule has 1 aromatic heterocycles. The second-order valence-corrected chi connectivity index (χ2v) is 5.53. The molecule has 1 heterocycles. The van der Waals surface area contributed by atoms with Crippen LogP contribution in [0.15, 0.2) is 35.8 Å². The van der Waals surface area contributed by atoms with Crippen molar-refractivity contribution in [3.63, 3.8) is 0 Å². The number of esters is 1. The molecule has 2 aromatic rings. The first kappa shape index (κ1) is 17.4. The highest BCUT2D eigenvalue weighted by atomic mass is 16.6. The highest BCUT2D eigenvalue weighted by Gasteiger charge is 2.20. The number of hydrogen-bond donors (Lipinski definition) is 0. The summed E-state index contributed by atoms with van der Waals surface area (Å²) in [6.45, 7) is 9.27. The van der Waals surface area contributed by atoms with Crippen LogP contribution in [0.3, 0.4) is 0 Å². The van der Waals surface area contributed by atoms with E-state index in [-0.39, 0.29) is 34.9 Å². The van der Waals surface area contributed by atoms with Crippen LogP contribution in [-0.4, -0.2) is 22.1 Å². The lowest BCUT2D eigenvalue weighted by Gasteiger charge is -2.17. The van der Waals surface area contributed by atoms with Crippen molar-refractivity contribution in [3.05, 3.63) is 56.9 Å². The van der Waals surface area contributed by atoms with Gasteiger partial charge < -0.3 is 9.30 Å². The van der Waals surface area contributed by atoms with Crippen molar-refractivity contribution in [1.82, 2.24) is 4.57 Å². The second-order valence-electron chi connectivity index (χ2n) is 5.53. The van der Waals surface area contributed by atoms with Crippen LogP contribution in [0, 0.1) is 10.1 Å². The zero-order valence-corrected chi connectivity index (χ0v) is 13.7. The van der Waals surface area contributed by atoms with Gasteiger partial charge in [0.15, 0.2) is 5.43 Å². The summed E-state index contributed by atoms with van der Waals surface area (Å²) in [5.74, 6) is -0.685. The lowest BCUT2D eigenvalue weighted by atomic mass is 10.0. The van der Waals surface area contributed by atoms with Gasteiger partial charge in [0.1, 0.15) is 0 Å². The summed E-state index contributed by atoms with van der Waals surface area (Å²) in [6, 6.07) is 4.08. The largest absolute Gasteiger partial charge is 0.462 e. The second kappa shape index (κ2) is 6.66. The van der Waals surface area contributed by atoms with Crippen molar-refractivity contribution >= 4 is 28.1 Å². The Balaban J connectivity index is 2.79. The highest BCUT2D eigenvalue weighted by Crippen LogP contribution is 2.24. The molecule has 0 unspecified atom stereocenters. The van der Waals surface area contributed by atoms with Gasteiger partial charge in [-0.2, -0.15) is 0 Å². The summed E-state index contributed by atoms with van der Waals surface area (Å²) in [4.78, 5) is 35.1. The first-order chi connectivity index (χ1) is 11.3. The minimum Gasteiger partial charge on any atom is -0.462 e. The number of non-ortho nitro benzene ring substituents is 1. The van der Waals surface area contributed by atoms with Crippen LogP contribution in [0.25, 0.3) is 16.5 Å². The molecule has 0 spiro atoms. The molecule has 0 aliphatic heterocycles. The summed E-state index contributed by atoms with van der Waals surface area (Å²) in [5.41, 5.74) is -0.0988. The van der Waals surface area contributed by atoms with E-state index >= 15 is 0 Å². The summed E-state index contributed by atoms with van der Waals surface area (Å²) in [7, 11) is 0. The number of nitro groups is 1. The number of aromatic nitrogens is 1. The standard InChI is InChI=1S/C17H18N2O5/c1-5-24-17(21)11(4)14-9-18(10(2)3)15-7-6-12(19(22)23)8-13(15)16(14)20/h6-10H,4-5H2,1-3H3. The number of ether oxygens (including phenoxy) is 1. The van der Waals surface area contributed by atoms with Crippen LogP contribution in [0.2, 0.25) is 0 Å². The molecule has 0 aliphatic carbocycles. The normalized spacial score (nSPS) is 10.8. The molecule has 0 saturated heterocycles. The molecule has 0 bridgehead atoms. The minimum absolute atomic E-state index is 0.0247. The molecular weight excluding hydrogens is 312 g/mol. The molecule has 0 fully saturated rings. The van der Waals surface area contributed by atoms with E-state index < -0.39 is 16.3 Å². The predicted octanol–water partition coefficient (Wildman–Crippen LogP) is 3.07. The molecule has 126 valence electrons. The van der Waals surface area contributed by atoms with Crippen LogP contribution in [-0.2, 0) is 9.53 Å². The fourth-order valence-electron chi connectivity index (χ4n) is 2.43. The maximum Gasteiger partial charge on any atom is 0.338 e. The number of carbonyl (C=O) groups is 1. The fraction of sp³-hybridized carbons (Fsp3) is 0.294. The third-order valence-corrected chi connectivity index (χ3v) is 3.63. The smallest absolute Gasteiger partial charge is 0.338 e. The predicted molar refractivity (Wildman–Crippen MR) is 90.9 cm³/mol. The Morgan fingerprint density at radius 2 is 2.08 bits per heavy atom. The molecule has 0 atom stereocenters. The fourth-order valence-corrected chi connectivity index (χ4v) is 2.43. The molecule has 0 aliphatic rings. The van der Waals surface area contributed by atoms with Crippen molar-refractivity contribution in [2.45, 2.75) is 26.8 Å². The molecule has 0 saturated carbocycles. The van der Waals surface area contributed by atoms with Crippen LogP contribution in [0.4, 0.5) is 5.69 Å². The van der Waals surface area contributed by atoms with Crippen molar-refractivity contribution in [2.24, 2.45) is 0 Å². The van der Waals surface area contributed by atoms with Crippen LogP contribution >= 0.6 is 0 Å². The first-order valence-electron chi connectivity index (χ1n) is 7.47. The quantitative estimate of drug-likeness (QED) is 0.363. The maximum absolute atomic E-state index is 12.7. The van der Waals surface area contributed by atoms with Gasteiger partial charge in [0.25, 0.3) is 5.69 Å². The Bertz CT molecular complexity index is 896. The molecule has 24 heavy (non-hydrogen) atoms. The van der Waals surface area contributed by atoms with Gasteiger partial charge in [-0.25, -0.2) is 4.79 Å². The highest BCUT2D eigenvalue weighted by molar-refractivity contribution is 6.16. The lowest BCUT2D eigenvalue weighted by Crippen LogP contribution is -2.19. The van der Waals surface area contributed by atoms with Gasteiger partial charge in [-0.1, -0.05) is 6.58 Å². The van der Waals surface area contributed by atoms with Crippen LogP contribution in [0.5, 0.6) is 0 Å². The Hall–Kier alpha value is -2.96. The van der Waals surface area contributed by atoms with Crippen LogP contribution in [0.1, 0.15) is 32.4 Å². The van der Waals surface area contributed by atoms with E-state index in [1.807, 2.05) is 13.8 Å².